The number of aliphatic hydroxyl groups excluding tert-OH is 1. The van der Waals surface area contributed by atoms with Crippen molar-refractivity contribution >= 4 is 22.5 Å². The summed E-state index contributed by atoms with van der Waals surface area (Å²) in [6.07, 6.45) is 0.837. The van der Waals surface area contributed by atoms with E-state index in [-0.39, 0.29) is 0 Å². The fraction of sp³-hybridized carbons (Fsp3) is 0.250. The summed E-state index contributed by atoms with van der Waals surface area (Å²) < 4.78 is 1.94. The molecule has 1 amide bonds. The number of carbonyl (C=O) groups excluding carboxylic acids is 1. The lowest BCUT2D eigenvalue weighted by atomic mass is 10.2. The van der Waals surface area contributed by atoms with Gasteiger partial charge in [0.1, 0.15) is 6.10 Å². The Hall–Kier alpha value is -1.81. The molecule has 2 N–H and O–H groups in total. The second kappa shape index (κ2) is 3.98. The number of anilines is 1. The number of para-hydroxylation sites is 1. The molecule has 1 heterocycles. The van der Waals surface area contributed by atoms with Crippen LogP contribution in [0.15, 0.2) is 30.5 Å². The predicted molar refractivity (Wildman–Crippen MR) is 63.2 cm³/mol. The number of aryl methyl sites for hydroxylation is 1. The number of aromatic nitrogens is 1. The summed E-state index contributed by atoms with van der Waals surface area (Å²) in [5, 5.41) is 12.8. The molecule has 0 bridgehead atoms. The van der Waals surface area contributed by atoms with Crippen LogP contribution in [-0.2, 0) is 11.8 Å². The molecule has 0 aliphatic carbocycles. The molecule has 1 aromatic carbocycles. The van der Waals surface area contributed by atoms with Crippen LogP contribution in [0.2, 0.25) is 0 Å². The molecule has 16 heavy (non-hydrogen) atoms. The number of fused-ring (bicyclic) bond motifs is 1. The summed E-state index contributed by atoms with van der Waals surface area (Å²) in [6.45, 7) is 1.44. The Balaban J connectivity index is 2.42. The Labute approximate surface area is 93.5 Å². The van der Waals surface area contributed by atoms with Gasteiger partial charge in [-0.15, -0.1) is 0 Å². The summed E-state index contributed by atoms with van der Waals surface area (Å²) in [5.41, 5.74) is 1.77. The number of hydrogen-bond donors (Lipinski definition) is 2. The molecule has 4 heteroatoms. The summed E-state index contributed by atoms with van der Waals surface area (Å²) >= 11 is 0. The Kier molecular flexibility index (Phi) is 2.66. The number of carbonyl (C=O) groups is 1. The first-order valence-electron chi connectivity index (χ1n) is 5.12. The molecule has 0 aliphatic heterocycles. The van der Waals surface area contributed by atoms with E-state index < -0.39 is 12.0 Å². The smallest absolute Gasteiger partial charge is 0.252 e. The van der Waals surface area contributed by atoms with Crippen molar-refractivity contribution in [3.63, 3.8) is 0 Å². The van der Waals surface area contributed by atoms with Crippen LogP contribution in [0.5, 0.6) is 0 Å². The number of amides is 1. The van der Waals surface area contributed by atoms with Crippen LogP contribution in [0, 0.1) is 0 Å². The van der Waals surface area contributed by atoms with Gasteiger partial charge in [-0.3, -0.25) is 4.79 Å². The predicted octanol–water partition coefficient (Wildman–Crippen LogP) is 1.50. The lowest BCUT2D eigenvalue weighted by molar-refractivity contribution is -0.123. The maximum absolute atomic E-state index is 11.4. The zero-order valence-corrected chi connectivity index (χ0v) is 9.27. The monoisotopic (exact) mass is 218 g/mol. The van der Waals surface area contributed by atoms with E-state index in [0.29, 0.717) is 0 Å². The average Bonchev–Trinajstić information content (AvgIpc) is 2.57. The molecular weight excluding hydrogens is 204 g/mol. The first kappa shape index (κ1) is 10.7. The van der Waals surface area contributed by atoms with Gasteiger partial charge in [0.15, 0.2) is 0 Å². The fourth-order valence-corrected chi connectivity index (χ4v) is 1.68. The zero-order valence-electron chi connectivity index (χ0n) is 9.27. The van der Waals surface area contributed by atoms with E-state index >= 15 is 0 Å². The first-order chi connectivity index (χ1) is 7.59. The van der Waals surface area contributed by atoms with Crippen molar-refractivity contribution in [2.75, 3.05) is 5.32 Å². The van der Waals surface area contributed by atoms with Gasteiger partial charge in [-0.05, 0) is 13.0 Å². The number of aliphatic hydroxyl groups is 1. The zero-order chi connectivity index (χ0) is 11.7. The molecule has 1 atom stereocenters. The van der Waals surface area contributed by atoms with Crippen LogP contribution in [0.1, 0.15) is 6.92 Å². The molecule has 2 aromatic rings. The number of benzene rings is 1. The van der Waals surface area contributed by atoms with Crippen molar-refractivity contribution in [3.05, 3.63) is 30.5 Å². The van der Waals surface area contributed by atoms with Crippen molar-refractivity contribution in [1.29, 1.82) is 0 Å². The van der Waals surface area contributed by atoms with E-state index in [9.17, 15) is 4.79 Å². The van der Waals surface area contributed by atoms with Gasteiger partial charge in [0.25, 0.3) is 5.91 Å². The molecule has 0 saturated heterocycles. The maximum atomic E-state index is 11.4. The van der Waals surface area contributed by atoms with Gasteiger partial charge in [-0.25, -0.2) is 0 Å². The van der Waals surface area contributed by atoms with Gasteiger partial charge >= 0.3 is 0 Å². The van der Waals surface area contributed by atoms with Gasteiger partial charge in [0.2, 0.25) is 0 Å². The van der Waals surface area contributed by atoms with Crippen LogP contribution in [0.4, 0.5) is 5.69 Å². The van der Waals surface area contributed by atoms with Gasteiger partial charge < -0.3 is 15.0 Å². The van der Waals surface area contributed by atoms with E-state index in [1.807, 2.05) is 42.1 Å². The highest BCUT2D eigenvalue weighted by atomic mass is 16.3. The summed E-state index contributed by atoms with van der Waals surface area (Å²) in [6, 6.07) is 7.78. The van der Waals surface area contributed by atoms with Crippen LogP contribution in [0.3, 0.4) is 0 Å². The van der Waals surface area contributed by atoms with Gasteiger partial charge in [0, 0.05) is 24.1 Å². The lowest BCUT2D eigenvalue weighted by Gasteiger charge is -2.05. The summed E-state index contributed by atoms with van der Waals surface area (Å²) in [4.78, 5) is 11.4. The largest absolute Gasteiger partial charge is 0.384 e. The van der Waals surface area contributed by atoms with Crippen LogP contribution in [-0.4, -0.2) is 21.7 Å². The Morgan fingerprint density at radius 1 is 1.44 bits per heavy atom. The van der Waals surface area contributed by atoms with E-state index in [0.717, 1.165) is 16.6 Å². The van der Waals surface area contributed by atoms with Crippen molar-refractivity contribution < 1.29 is 9.90 Å². The fourth-order valence-electron chi connectivity index (χ4n) is 1.68. The molecule has 0 fully saturated rings. The minimum absolute atomic E-state index is 0.392. The number of nitrogens with one attached hydrogen (secondary N) is 1. The minimum atomic E-state index is -1.00. The lowest BCUT2D eigenvalue weighted by Crippen LogP contribution is -2.24. The molecule has 0 aliphatic rings. The van der Waals surface area contributed by atoms with Crippen LogP contribution >= 0.6 is 0 Å². The minimum Gasteiger partial charge on any atom is -0.384 e. The normalized spacial score (nSPS) is 12.7. The first-order valence-corrected chi connectivity index (χ1v) is 5.12. The average molecular weight is 218 g/mol. The molecule has 1 aromatic heterocycles. The molecule has 2 rings (SSSR count). The second-order valence-electron chi connectivity index (χ2n) is 3.84. The number of nitrogens with zero attached hydrogens (tertiary/aromatic N) is 1. The van der Waals surface area contributed by atoms with Crippen LogP contribution in [0.25, 0.3) is 10.9 Å². The topological polar surface area (TPSA) is 54.3 Å². The maximum Gasteiger partial charge on any atom is 0.252 e. The van der Waals surface area contributed by atoms with Crippen molar-refractivity contribution in [2.45, 2.75) is 13.0 Å². The van der Waals surface area contributed by atoms with E-state index in [2.05, 4.69) is 5.32 Å². The molecule has 0 saturated carbocycles. The third-order valence-corrected chi connectivity index (χ3v) is 2.53. The Bertz CT molecular complexity index is 529. The van der Waals surface area contributed by atoms with E-state index in [1.165, 1.54) is 6.92 Å². The second-order valence-corrected chi connectivity index (χ2v) is 3.84. The Morgan fingerprint density at radius 2 is 2.12 bits per heavy atom. The SMILES string of the molecule is CC(O)C(=O)Nc1cn(C)c2ccccc12. The molecule has 1 unspecified atom stereocenters. The van der Waals surface area contributed by atoms with E-state index in [4.69, 9.17) is 5.11 Å². The highest BCUT2D eigenvalue weighted by Gasteiger charge is 2.12. The van der Waals surface area contributed by atoms with Crippen molar-refractivity contribution in [1.82, 2.24) is 4.57 Å². The molecule has 84 valence electrons. The third kappa shape index (κ3) is 1.79. The highest BCUT2D eigenvalue weighted by molar-refractivity contribution is 6.03. The third-order valence-electron chi connectivity index (χ3n) is 2.53. The highest BCUT2D eigenvalue weighted by Crippen LogP contribution is 2.24. The van der Waals surface area contributed by atoms with Crippen molar-refractivity contribution in [2.24, 2.45) is 7.05 Å². The number of rotatable bonds is 2. The van der Waals surface area contributed by atoms with Crippen LogP contribution < -0.4 is 5.32 Å². The Morgan fingerprint density at radius 3 is 2.81 bits per heavy atom. The van der Waals surface area contributed by atoms with Crippen molar-refractivity contribution in [3.8, 4) is 0 Å². The molecule has 0 spiro atoms. The quantitative estimate of drug-likeness (QED) is 0.802. The van der Waals surface area contributed by atoms with E-state index in [1.54, 1.807) is 0 Å². The number of hydrogen-bond acceptors (Lipinski definition) is 2. The summed E-state index contributed by atoms with van der Waals surface area (Å²) in [5.74, 6) is -0.392. The molecule has 0 radical (unpaired) electrons. The molecular formula is C12H14N2O2. The molecule has 4 nitrogen and oxygen atoms in total. The van der Waals surface area contributed by atoms with Gasteiger partial charge in [-0.1, -0.05) is 18.2 Å². The standard InChI is InChI=1S/C12H14N2O2/c1-8(15)12(16)13-10-7-14(2)11-6-4-3-5-9(10)11/h3-8,15H,1-2H3,(H,13,16). The van der Waals surface area contributed by atoms with Gasteiger partial charge in [-0.2, -0.15) is 0 Å². The summed E-state index contributed by atoms with van der Waals surface area (Å²) in [7, 11) is 1.92. The van der Waals surface area contributed by atoms with Gasteiger partial charge in [0.05, 0.1) is 5.69 Å².